The highest BCUT2D eigenvalue weighted by atomic mass is 79.9. The zero-order valence-electron chi connectivity index (χ0n) is 12.1. The van der Waals surface area contributed by atoms with E-state index in [-0.39, 0.29) is 0 Å². The van der Waals surface area contributed by atoms with Crippen molar-refractivity contribution >= 4 is 15.9 Å². The van der Waals surface area contributed by atoms with Crippen LogP contribution >= 0.6 is 15.9 Å². The monoisotopic (exact) mass is 324 g/mol. The molecule has 0 spiro atoms. The molecule has 3 heteroatoms. The van der Waals surface area contributed by atoms with Crippen molar-refractivity contribution in [3.05, 3.63) is 33.8 Å². The Bertz CT molecular complexity index is 400. The SMILES string of the molecule is Cc1ccc(CNC(C)CN2CCCCC2)c(Br)c1. The van der Waals surface area contributed by atoms with Crippen LogP contribution in [-0.2, 0) is 6.54 Å². The number of benzene rings is 1. The maximum absolute atomic E-state index is 3.65. The first-order chi connectivity index (χ1) is 9.15. The molecule has 0 aliphatic carbocycles. The van der Waals surface area contributed by atoms with Crippen LogP contribution in [-0.4, -0.2) is 30.6 Å². The molecule has 0 radical (unpaired) electrons. The molecule has 1 aromatic carbocycles. The van der Waals surface area contributed by atoms with E-state index in [2.05, 4.69) is 58.2 Å². The minimum absolute atomic E-state index is 0.548. The first-order valence-corrected chi connectivity index (χ1v) is 8.15. The van der Waals surface area contributed by atoms with Gasteiger partial charge in [0.15, 0.2) is 0 Å². The van der Waals surface area contributed by atoms with Gasteiger partial charge in [-0.3, -0.25) is 0 Å². The quantitative estimate of drug-likeness (QED) is 0.888. The molecule has 1 N–H and O–H groups in total. The highest BCUT2D eigenvalue weighted by Gasteiger charge is 2.13. The van der Waals surface area contributed by atoms with Crippen LogP contribution < -0.4 is 5.32 Å². The van der Waals surface area contributed by atoms with Gasteiger partial charge in [0.2, 0.25) is 0 Å². The fourth-order valence-corrected chi connectivity index (χ4v) is 3.31. The van der Waals surface area contributed by atoms with Gasteiger partial charge >= 0.3 is 0 Å². The second-order valence-corrected chi connectivity index (χ2v) is 6.59. The van der Waals surface area contributed by atoms with Crippen molar-refractivity contribution in [2.24, 2.45) is 0 Å². The lowest BCUT2D eigenvalue weighted by Crippen LogP contribution is -2.41. The second-order valence-electron chi connectivity index (χ2n) is 5.74. The molecule has 0 amide bonds. The van der Waals surface area contributed by atoms with Gasteiger partial charge in [-0.15, -0.1) is 0 Å². The van der Waals surface area contributed by atoms with Crippen molar-refractivity contribution in [3.8, 4) is 0 Å². The highest BCUT2D eigenvalue weighted by Crippen LogP contribution is 2.18. The number of hydrogen-bond donors (Lipinski definition) is 1. The summed E-state index contributed by atoms with van der Waals surface area (Å²) in [6, 6.07) is 7.12. The van der Waals surface area contributed by atoms with E-state index in [9.17, 15) is 0 Å². The average molecular weight is 325 g/mol. The van der Waals surface area contributed by atoms with E-state index in [1.807, 2.05) is 0 Å². The maximum Gasteiger partial charge on any atom is 0.0222 e. The molecule has 1 aliphatic rings. The van der Waals surface area contributed by atoms with E-state index in [4.69, 9.17) is 0 Å². The molecule has 1 saturated heterocycles. The average Bonchev–Trinajstić information content (AvgIpc) is 2.39. The van der Waals surface area contributed by atoms with Crippen molar-refractivity contribution in [1.29, 1.82) is 0 Å². The first kappa shape index (κ1) is 15.0. The number of hydrogen-bond acceptors (Lipinski definition) is 2. The van der Waals surface area contributed by atoms with Crippen LogP contribution in [0.5, 0.6) is 0 Å². The number of nitrogens with one attached hydrogen (secondary N) is 1. The molecule has 106 valence electrons. The zero-order chi connectivity index (χ0) is 13.7. The molecular weight excluding hydrogens is 300 g/mol. The standard InChI is InChI=1S/C16H25BrN2/c1-13-6-7-15(16(17)10-13)11-18-14(2)12-19-8-4-3-5-9-19/h6-7,10,14,18H,3-5,8-9,11-12H2,1-2H3. The Morgan fingerprint density at radius 1 is 1.26 bits per heavy atom. The summed E-state index contributed by atoms with van der Waals surface area (Å²) in [5.74, 6) is 0. The molecule has 0 aromatic heterocycles. The van der Waals surface area contributed by atoms with E-state index >= 15 is 0 Å². The molecule has 1 aromatic rings. The number of likely N-dealkylation sites (tertiary alicyclic amines) is 1. The lowest BCUT2D eigenvalue weighted by atomic mass is 10.1. The van der Waals surface area contributed by atoms with Crippen molar-refractivity contribution in [2.75, 3.05) is 19.6 Å². The number of aryl methyl sites for hydroxylation is 1. The lowest BCUT2D eigenvalue weighted by Gasteiger charge is -2.29. The summed E-state index contributed by atoms with van der Waals surface area (Å²) in [5, 5.41) is 3.63. The van der Waals surface area contributed by atoms with E-state index in [0.29, 0.717) is 6.04 Å². The molecule has 0 saturated carbocycles. The topological polar surface area (TPSA) is 15.3 Å². The normalized spacial score (nSPS) is 18.5. The maximum atomic E-state index is 3.65. The van der Waals surface area contributed by atoms with Crippen molar-refractivity contribution in [1.82, 2.24) is 10.2 Å². The van der Waals surface area contributed by atoms with Gasteiger partial charge in [0.05, 0.1) is 0 Å². The Morgan fingerprint density at radius 2 is 2.00 bits per heavy atom. The summed E-state index contributed by atoms with van der Waals surface area (Å²) in [6.45, 7) is 9.08. The third-order valence-corrected chi connectivity index (χ3v) is 4.57. The third kappa shape index (κ3) is 4.90. The van der Waals surface area contributed by atoms with Gasteiger partial charge in [0.1, 0.15) is 0 Å². The molecule has 1 atom stereocenters. The molecule has 1 fully saturated rings. The van der Waals surface area contributed by atoms with Gasteiger partial charge in [-0.05, 0) is 57.0 Å². The van der Waals surface area contributed by atoms with E-state index in [1.54, 1.807) is 0 Å². The smallest absolute Gasteiger partial charge is 0.0222 e. The predicted molar refractivity (Wildman–Crippen MR) is 85.5 cm³/mol. The molecule has 2 nitrogen and oxygen atoms in total. The van der Waals surface area contributed by atoms with Crippen molar-refractivity contribution in [2.45, 2.75) is 45.7 Å². The Balaban J connectivity index is 1.77. The first-order valence-electron chi connectivity index (χ1n) is 7.36. The Kier molecular flexibility index (Phi) is 5.86. The number of rotatable bonds is 5. The van der Waals surface area contributed by atoms with Crippen LogP contribution in [0.1, 0.15) is 37.3 Å². The fraction of sp³-hybridized carbons (Fsp3) is 0.625. The third-order valence-electron chi connectivity index (χ3n) is 3.83. The minimum Gasteiger partial charge on any atom is -0.309 e. The Morgan fingerprint density at radius 3 is 2.68 bits per heavy atom. The summed E-state index contributed by atoms with van der Waals surface area (Å²) in [7, 11) is 0. The van der Waals surface area contributed by atoms with Crippen LogP contribution in [0.15, 0.2) is 22.7 Å². The number of halogens is 1. The van der Waals surface area contributed by atoms with Crippen LogP contribution in [0.25, 0.3) is 0 Å². The highest BCUT2D eigenvalue weighted by molar-refractivity contribution is 9.10. The van der Waals surface area contributed by atoms with Gasteiger partial charge in [-0.2, -0.15) is 0 Å². The molecule has 1 unspecified atom stereocenters. The van der Waals surface area contributed by atoms with Crippen LogP contribution in [0.4, 0.5) is 0 Å². The number of nitrogens with zero attached hydrogens (tertiary/aromatic N) is 1. The Labute approximate surface area is 125 Å². The van der Waals surface area contributed by atoms with E-state index in [1.165, 1.54) is 54.5 Å². The summed E-state index contributed by atoms with van der Waals surface area (Å²) >= 11 is 3.65. The van der Waals surface area contributed by atoms with Gasteiger partial charge in [-0.25, -0.2) is 0 Å². The largest absolute Gasteiger partial charge is 0.309 e. The number of piperidine rings is 1. The fourth-order valence-electron chi connectivity index (χ4n) is 2.67. The van der Waals surface area contributed by atoms with Crippen LogP contribution in [0.2, 0.25) is 0 Å². The van der Waals surface area contributed by atoms with Crippen molar-refractivity contribution in [3.63, 3.8) is 0 Å². The van der Waals surface area contributed by atoms with Gasteiger partial charge in [0, 0.05) is 23.6 Å². The van der Waals surface area contributed by atoms with E-state index in [0.717, 1.165) is 6.54 Å². The molecule has 0 bridgehead atoms. The summed E-state index contributed by atoms with van der Waals surface area (Å²) in [5.41, 5.74) is 2.65. The molecular formula is C16H25BrN2. The molecule has 2 rings (SSSR count). The van der Waals surface area contributed by atoms with Gasteiger partial charge in [-0.1, -0.05) is 34.5 Å². The zero-order valence-corrected chi connectivity index (χ0v) is 13.7. The summed E-state index contributed by atoms with van der Waals surface area (Å²) in [4.78, 5) is 2.59. The van der Waals surface area contributed by atoms with Gasteiger partial charge in [0.25, 0.3) is 0 Å². The molecule has 19 heavy (non-hydrogen) atoms. The predicted octanol–water partition coefficient (Wildman–Crippen LogP) is 3.72. The molecule has 1 aliphatic heterocycles. The molecule has 1 heterocycles. The van der Waals surface area contributed by atoms with Gasteiger partial charge < -0.3 is 10.2 Å². The lowest BCUT2D eigenvalue weighted by molar-refractivity contribution is 0.209. The van der Waals surface area contributed by atoms with Crippen molar-refractivity contribution < 1.29 is 0 Å². The second kappa shape index (κ2) is 7.41. The van der Waals surface area contributed by atoms with Crippen LogP contribution in [0, 0.1) is 6.92 Å². The van der Waals surface area contributed by atoms with E-state index < -0.39 is 0 Å². The minimum atomic E-state index is 0.548. The summed E-state index contributed by atoms with van der Waals surface area (Å²) in [6.07, 6.45) is 4.15. The summed E-state index contributed by atoms with van der Waals surface area (Å²) < 4.78 is 1.21. The van der Waals surface area contributed by atoms with Crippen LogP contribution in [0.3, 0.4) is 0 Å². The Hall–Kier alpha value is -0.380.